The minimum absolute atomic E-state index is 0.254. The lowest BCUT2D eigenvalue weighted by Gasteiger charge is -2.28. The number of hydrogen-bond donors (Lipinski definition) is 0. The van der Waals surface area contributed by atoms with Crippen LogP contribution in [0.2, 0.25) is 0 Å². The van der Waals surface area contributed by atoms with E-state index in [9.17, 15) is 9.59 Å². The smallest absolute Gasteiger partial charge is 0.336 e. The molecule has 6 nitrogen and oxygen atoms in total. The summed E-state index contributed by atoms with van der Waals surface area (Å²) >= 11 is 0. The third kappa shape index (κ3) is 4.45. The van der Waals surface area contributed by atoms with Gasteiger partial charge in [-0.05, 0) is 38.5 Å². The molecule has 0 spiro atoms. The van der Waals surface area contributed by atoms with Crippen LogP contribution in [0.4, 0.5) is 0 Å². The van der Waals surface area contributed by atoms with Crippen LogP contribution in [0.1, 0.15) is 32.3 Å². The van der Waals surface area contributed by atoms with E-state index in [2.05, 4.69) is 0 Å². The lowest BCUT2D eigenvalue weighted by atomic mass is 9.83. The van der Waals surface area contributed by atoms with Gasteiger partial charge in [-0.3, -0.25) is 0 Å². The Hall–Kier alpha value is -2.76. The Morgan fingerprint density at radius 2 is 1.54 bits per heavy atom. The number of nitrogens with zero attached hydrogens (tertiary/aromatic N) is 1. The molecule has 1 aromatic carbocycles. The summed E-state index contributed by atoms with van der Waals surface area (Å²) in [6, 6.07) is 7.37. The van der Waals surface area contributed by atoms with Crippen LogP contribution in [0, 0.1) is 0 Å². The molecule has 1 aliphatic rings. The van der Waals surface area contributed by atoms with Gasteiger partial charge in [-0.15, -0.1) is 0 Å². The summed E-state index contributed by atoms with van der Waals surface area (Å²) in [7, 11) is 1.76. The monoisotopic (exact) mass is 359 g/mol. The van der Waals surface area contributed by atoms with Crippen molar-refractivity contribution in [3.05, 3.63) is 53.4 Å². The normalized spacial score (nSPS) is 14.4. The third-order valence-corrected chi connectivity index (χ3v) is 3.83. The second kappa shape index (κ2) is 9.08. The highest BCUT2D eigenvalue weighted by molar-refractivity contribution is 5.98. The first-order chi connectivity index (χ1) is 12.5. The summed E-state index contributed by atoms with van der Waals surface area (Å²) in [5, 5.41) is 0. The molecule has 1 aliphatic heterocycles. The van der Waals surface area contributed by atoms with Crippen molar-refractivity contribution < 1.29 is 23.8 Å². The molecule has 140 valence electrons. The first-order valence-electron chi connectivity index (χ1n) is 8.74. The minimum Gasteiger partial charge on any atom is -0.494 e. The van der Waals surface area contributed by atoms with Crippen LogP contribution in [-0.2, 0) is 19.1 Å². The van der Waals surface area contributed by atoms with Crippen molar-refractivity contribution in [2.24, 2.45) is 0 Å². The predicted molar refractivity (Wildman–Crippen MR) is 97.5 cm³/mol. The van der Waals surface area contributed by atoms with Crippen LogP contribution in [0.3, 0.4) is 0 Å². The Morgan fingerprint density at radius 3 is 2.04 bits per heavy atom. The van der Waals surface area contributed by atoms with Crippen molar-refractivity contribution in [2.45, 2.75) is 26.7 Å². The van der Waals surface area contributed by atoms with Crippen LogP contribution in [0.15, 0.2) is 47.8 Å². The van der Waals surface area contributed by atoms with Crippen molar-refractivity contribution in [3.63, 3.8) is 0 Å². The summed E-state index contributed by atoms with van der Waals surface area (Å²) in [6.07, 6.45) is 3.36. The van der Waals surface area contributed by atoms with Crippen molar-refractivity contribution in [2.75, 3.05) is 26.9 Å². The van der Waals surface area contributed by atoms with E-state index in [0.717, 1.165) is 5.56 Å². The van der Waals surface area contributed by atoms with Crippen molar-refractivity contribution >= 4 is 11.9 Å². The number of benzene rings is 1. The summed E-state index contributed by atoms with van der Waals surface area (Å²) in [6.45, 7) is 6.43. The molecule has 6 heteroatoms. The SMILES string of the molecule is CCOC(=O)C1=CN(C)C=C(C(=O)OCC)C1c1cccc(OCC)c1. The van der Waals surface area contributed by atoms with E-state index in [1.807, 2.05) is 31.2 Å². The van der Waals surface area contributed by atoms with Crippen LogP contribution in [-0.4, -0.2) is 43.7 Å². The fourth-order valence-corrected chi connectivity index (χ4v) is 2.87. The zero-order valence-corrected chi connectivity index (χ0v) is 15.7. The van der Waals surface area contributed by atoms with Crippen LogP contribution in [0.5, 0.6) is 5.75 Å². The Labute approximate surface area is 154 Å². The van der Waals surface area contributed by atoms with E-state index >= 15 is 0 Å². The maximum Gasteiger partial charge on any atom is 0.336 e. The number of carbonyl (C=O) groups excluding carboxylic acids is 2. The maximum atomic E-state index is 12.5. The van der Waals surface area contributed by atoms with Gasteiger partial charge in [-0.25, -0.2) is 9.59 Å². The lowest BCUT2D eigenvalue weighted by Crippen LogP contribution is -2.28. The van der Waals surface area contributed by atoms with E-state index in [4.69, 9.17) is 14.2 Å². The predicted octanol–water partition coefficient (Wildman–Crippen LogP) is 3.01. The Kier molecular flexibility index (Phi) is 6.83. The summed E-state index contributed by atoms with van der Waals surface area (Å²) in [5.41, 5.74) is 1.53. The molecule has 0 saturated carbocycles. The first kappa shape index (κ1) is 19.6. The lowest BCUT2D eigenvalue weighted by molar-refractivity contribution is -0.139. The van der Waals surface area contributed by atoms with Gasteiger partial charge in [-0.2, -0.15) is 0 Å². The Bertz CT molecular complexity index is 687. The van der Waals surface area contributed by atoms with Gasteiger partial charge in [0.15, 0.2) is 0 Å². The van der Waals surface area contributed by atoms with Gasteiger partial charge in [0.1, 0.15) is 5.75 Å². The standard InChI is InChI=1S/C20H25NO5/c1-5-24-15-10-8-9-14(11-15)18-16(19(22)25-6-2)12-21(4)13-17(18)20(23)26-7-3/h8-13,18H,5-7H2,1-4H3. The molecule has 1 heterocycles. The molecule has 0 unspecified atom stereocenters. The Balaban J connectivity index is 2.52. The summed E-state index contributed by atoms with van der Waals surface area (Å²) in [5.74, 6) is -0.817. The highest BCUT2D eigenvalue weighted by atomic mass is 16.5. The number of hydrogen-bond acceptors (Lipinski definition) is 6. The van der Waals surface area contributed by atoms with Gasteiger partial charge >= 0.3 is 11.9 Å². The van der Waals surface area contributed by atoms with Crippen molar-refractivity contribution in [3.8, 4) is 5.75 Å². The van der Waals surface area contributed by atoms with Gasteiger partial charge < -0.3 is 19.1 Å². The van der Waals surface area contributed by atoms with Gasteiger partial charge in [0, 0.05) is 19.4 Å². The molecular weight excluding hydrogens is 334 g/mol. The van der Waals surface area contributed by atoms with Crippen molar-refractivity contribution in [1.82, 2.24) is 4.90 Å². The van der Waals surface area contributed by atoms with E-state index in [1.54, 1.807) is 38.2 Å². The van der Waals surface area contributed by atoms with E-state index < -0.39 is 17.9 Å². The van der Waals surface area contributed by atoms with Gasteiger partial charge in [0.25, 0.3) is 0 Å². The highest BCUT2D eigenvalue weighted by Crippen LogP contribution is 2.37. The molecule has 0 N–H and O–H groups in total. The number of carbonyl (C=O) groups is 2. The van der Waals surface area contributed by atoms with E-state index in [0.29, 0.717) is 23.5 Å². The zero-order chi connectivity index (χ0) is 19.1. The molecule has 0 atom stereocenters. The molecule has 1 aromatic rings. The number of ether oxygens (including phenoxy) is 3. The second-order valence-electron chi connectivity index (χ2n) is 5.71. The molecule has 0 saturated heterocycles. The molecule has 0 fully saturated rings. The van der Waals surface area contributed by atoms with E-state index in [-0.39, 0.29) is 13.2 Å². The fourth-order valence-electron chi connectivity index (χ4n) is 2.87. The quantitative estimate of drug-likeness (QED) is 0.697. The fraction of sp³-hybridized carbons (Fsp3) is 0.400. The summed E-state index contributed by atoms with van der Waals surface area (Å²) in [4.78, 5) is 26.7. The van der Waals surface area contributed by atoms with Crippen molar-refractivity contribution in [1.29, 1.82) is 0 Å². The van der Waals surface area contributed by atoms with Gasteiger partial charge in [-0.1, -0.05) is 12.1 Å². The van der Waals surface area contributed by atoms with Gasteiger partial charge in [0.2, 0.25) is 0 Å². The summed E-state index contributed by atoms with van der Waals surface area (Å²) < 4.78 is 16.0. The molecular formula is C20H25NO5. The topological polar surface area (TPSA) is 65.1 Å². The maximum absolute atomic E-state index is 12.5. The largest absolute Gasteiger partial charge is 0.494 e. The van der Waals surface area contributed by atoms with Crippen LogP contribution in [0.25, 0.3) is 0 Å². The van der Waals surface area contributed by atoms with Gasteiger partial charge in [0.05, 0.1) is 36.9 Å². The molecule has 0 amide bonds. The first-order valence-corrected chi connectivity index (χ1v) is 8.74. The zero-order valence-electron chi connectivity index (χ0n) is 15.7. The molecule has 26 heavy (non-hydrogen) atoms. The average molecular weight is 359 g/mol. The highest BCUT2D eigenvalue weighted by Gasteiger charge is 2.35. The number of rotatable bonds is 7. The minimum atomic E-state index is -0.579. The molecule has 0 bridgehead atoms. The molecule has 0 radical (unpaired) electrons. The molecule has 2 rings (SSSR count). The number of esters is 2. The third-order valence-electron chi connectivity index (χ3n) is 3.83. The van der Waals surface area contributed by atoms with Crippen LogP contribution < -0.4 is 4.74 Å². The van der Waals surface area contributed by atoms with Crippen LogP contribution >= 0.6 is 0 Å². The molecule has 0 aromatic heterocycles. The Morgan fingerprint density at radius 1 is 0.962 bits per heavy atom. The van der Waals surface area contributed by atoms with E-state index in [1.165, 1.54) is 0 Å². The molecule has 0 aliphatic carbocycles. The average Bonchev–Trinajstić information content (AvgIpc) is 2.62. The second-order valence-corrected chi connectivity index (χ2v) is 5.71.